The summed E-state index contributed by atoms with van der Waals surface area (Å²) in [4.78, 5) is 10.6. The molecule has 1 saturated heterocycles. The number of imidazole rings is 1. The number of hydrogen-bond donors (Lipinski definition) is 1. The van der Waals surface area contributed by atoms with Gasteiger partial charge < -0.3 is 19.7 Å². The third kappa shape index (κ3) is 5.11. The third-order valence-corrected chi connectivity index (χ3v) is 8.55. The zero-order valence-corrected chi connectivity index (χ0v) is 26.1. The molecule has 0 aliphatic carbocycles. The van der Waals surface area contributed by atoms with Crippen molar-refractivity contribution in [3.8, 4) is 40.0 Å². The molecule has 1 N–H and O–H groups in total. The molecule has 1 aliphatic rings. The minimum absolute atomic E-state index is 0.105. The van der Waals surface area contributed by atoms with Crippen LogP contribution in [0.2, 0.25) is 5.02 Å². The van der Waals surface area contributed by atoms with Crippen molar-refractivity contribution in [2.24, 2.45) is 7.05 Å². The molecule has 3 aromatic carbocycles. The minimum atomic E-state index is -2.90. The van der Waals surface area contributed by atoms with Gasteiger partial charge in [-0.1, -0.05) is 17.7 Å². The number of nitrogens with zero attached hydrogens (tertiary/aromatic N) is 7. The number of nitrogens with one attached hydrogen (secondary N) is 1. The van der Waals surface area contributed by atoms with E-state index in [1.54, 1.807) is 46.1 Å². The molecule has 0 spiro atoms. The van der Waals surface area contributed by atoms with Crippen LogP contribution < -0.4 is 19.7 Å². The number of aromatic nitrogens is 5. The van der Waals surface area contributed by atoms with Crippen LogP contribution in [0.5, 0.6) is 11.5 Å². The highest BCUT2D eigenvalue weighted by atomic mass is 35.5. The Morgan fingerprint density at radius 1 is 1.06 bits per heavy atom. The van der Waals surface area contributed by atoms with Gasteiger partial charge in [0.05, 0.1) is 84.6 Å². The highest BCUT2D eigenvalue weighted by Crippen LogP contribution is 2.44. The topological polar surface area (TPSA) is 106 Å². The molecule has 10 nitrogen and oxygen atoms in total. The van der Waals surface area contributed by atoms with E-state index >= 15 is 4.39 Å². The Kier molecular flexibility index (Phi) is 7.32. The van der Waals surface area contributed by atoms with Crippen molar-refractivity contribution >= 4 is 39.7 Å². The van der Waals surface area contributed by atoms with Crippen molar-refractivity contribution < 1.29 is 22.6 Å². The molecule has 3 aromatic heterocycles. The normalized spacial score (nSPS) is 13.9. The fourth-order valence-electron chi connectivity index (χ4n) is 5.96. The SMILES string of the molecule is COc1ccc(CNc2nc3cc(-c4cnn(C)c4-c4c(F)c(Cl)cc(N5CC(F)(F)C5)c4C#N)ccc3n3cncc23)c(OC)c1. The molecule has 0 atom stereocenters. The van der Waals surface area contributed by atoms with Crippen molar-refractivity contribution in [2.75, 3.05) is 37.5 Å². The summed E-state index contributed by atoms with van der Waals surface area (Å²) < 4.78 is 57.6. The number of halogens is 4. The molecule has 7 rings (SSSR count). The van der Waals surface area contributed by atoms with E-state index in [0.717, 1.165) is 16.6 Å². The van der Waals surface area contributed by atoms with Gasteiger partial charge in [0.15, 0.2) is 11.6 Å². The molecule has 0 unspecified atom stereocenters. The largest absolute Gasteiger partial charge is 0.497 e. The number of hydrogen-bond acceptors (Lipinski definition) is 8. The predicted molar refractivity (Wildman–Crippen MR) is 172 cm³/mol. The Labute approximate surface area is 271 Å². The minimum Gasteiger partial charge on any atom is -0.497 e. The van der Waals surface area contributed by atoms with Crippen molar-refractivity contribution in [3.63, 3.8) is 0 Å². The molecule has 4 heterocycles. The Hall–Kier alpha value is -5.48. The van der Waals surface area contributed by atoms with Gasteiger partial charge in [0.2, 0.25) is 0 Å². The number of alkyl halides is 2. The average Bonchev–Trinajstić information content (AvgIpc) is 3.70. The number of aryl methyl sites for hydroxylation is 1. The van der Waals surface area contributed by atoms with E-state index in [-0.39, 0.29) is 27.5 Å². The summed E-state index contributed by atoms with van der Waals surface area (Å²) >= 11 is 6.29. The van der Waals surface area contributed by atoms with Gasteiger partial charge >= 0.3 is 0 Å². The molecule has 1 fully saturated rings. The smallest absolute Gasteiger partial charge is 0.282 e. The van der Waals surface area contributed by atoms with Gasteiger partial charge in [0, 0.05) is 30.8 Å². The lowest BCUT2D eigenvalue weighted by molar-refractivity contribution is -0.0262. The lowest BCUT2D eigenvalue weighted by atomic mass is 9.94. The van der Waals surface area contributed by atoms with Crippen LogP contribution in [-0.4, -0.2) is 57.4 Å². The number of rotatable bonds is 8. The molecule has 0 bridgehead atoms. The molecular weight excluding hydrogens is 633 g/mol. The maximum absolute atomic E-state index is 15.8. The second-order valence-electron chi connectivity index (χ2n) is 11.1. The van der Waals surface area contributed by atoms with E-state index in [0.29, 0.717) is 40.5 Å². The monoisotopic (exact) mass is 658 g/mol. The van der Waals surface area contributed by atoms with Gasteiger partial charge in [-0.2, -0.15) is 10.4 Å². The summed E-state index contributed by atoms with van der Waals surface area (Å²) in [6, 6.07) is 14.3. The van der Waals surface area contributed by atoms with Crippen molar-refractivity contribution in [2.45, 2.75) is 12.5 Å². The van der Waals surface area contributed by atoms with Crippen LogP contribution in [-0.2, 0) is 13.6 Å². The number of methoxy groups -OCH3 is 2. The first kappa shape index (κ1) is 30.2. The van der Waals surface area contributed by atoms with Crippen LogP contribution in [0.25, 0.3) is 38.9 Å². The Morgan fingerprint density at radius 3 is 2.60 bits per heavy atom. The van der Waals surface area contributed by atoms with Crippen LogP contribution in [0.4, 0.5) is 24.7 Å². The fourth-order valence-corrected chi connectivity index (χ4v) is 6.15. The Morgan fingerprint density at radius 2 is 1.87 bits per heavy atom. The van der Waals surface area contributed by atoms with E-state index in [1.807, 2.05) is 40.8 Å². The van der Waals surface area contributed by atoms with Crippen LogP contribution in [0, 0.1) is 17.1 Å². The Balaban J connectivity index is 1.32. The van der Waals surface area contributed by atoms with E-state index < -0.39 is 24.8 Å². The molecule has 1 aliphatic heterocycles. The van der Waals surface area contributed by atoms with Crippen LogP contribution in [0.15, 0.2) is 61.2 Å². The first-order valence-corrected chi connectivity index (χ1v) is 14.8. The van der Waals surface area contributed by atoms with E-state index in [1.165, 1.54) is 15.6 Å². The maximum atomic E-state index is 15.8. The molecule has 14 heteroatoms. The van der Waals surface area contributed by atoms with Gasteiger partial charge in [-0.25, -0.2) is 23.1 Å². The summed E-state index contributed by atoms with van der Waals surface area (Å²) in [5.41, 5.74) is 4.33. The van der Waals surface area contributed by atoms with E-state index in [4.69, 9.17) is 26.1 Å². The number of ether oxygens (including phenoxy) is 2. The first-order valence-electron chi connectivity index (χ1n) is 14.4. The second-order valence-corrected chi connectivity index (χ2v) is 11.5. The standard InChI is InChI=1S/C33H26ClF3N8O2/c1-43-31(29-21(11-38)26(10-23(34)30(29)35)44-15-33(36,37)16-44)22(13-41-43)18-5-7-25-24(8-18)42-32(27-14-39-17-45(25)27)40-12-19-4-6-20(46-2)9-28(19)47-3/h4-10,13-14,17H,12,15-16H2,1-3H3,(H,40,42). The molecule has 6 aromatic rings. The summed E-state index contributed by atoms with van der Waals surface area (Å²) in [6.45, 7) is -0.792. The summed E-state index contributed by atoms with van der Waals surface area (Å²) in [7, 11) is 4.80. The van der Waals surface area contributed by atoms with Gasteiger partial charge in [-0.15, -0.1) is 0 Å². The molecule has 238 valence electrons. The van der Waals surface area contributed by atoms with Crippen LogP contribution in [0.1, 0.15) is 11.1 Å². The number of nitriles is 1. The van der Waals surface area contributed by atoms with Gasteiger partial charge in [0.1, 0.15) is 23.1 Å². The van der Waals surface area contributed by atoms with E-state index in [9.17, 15) is 14.0 Å². The summed E-state index contributed by atoms with van der Waals surface area (Å²) in [6.07, 6.45) is 4.96. The second kappa shape index (κ2) is 11.4. The highest BCUT2D eigenvalue weighted by molar-refractivity contribution is 6.31. The summed E-state index contributed by atoms with van der Waals surface area (Å²) in [5.74, 6) is -1.85. The lowest BCUT2D eigenvalue weighted by Crippen LogP contribution is -2.56. The Bertz CT molecular complexity index is 2240. The van der Waals surface area contributed by atoms with Crippen molar-refractivity contribution in [3.05, 3.63) is 83.2 Å². The zero-order valence-electron chi connectivity index (χ0n) is 25.4. The van der Waals surface area contributed by atoms with E-state index in [2.05, 4.69) is 15.4 Å². The molecule has 47 heavy (non-hydrogen) atoms. The maximum Gasteiger partial charge on any atom is 0.282 e. The number of fused-ring (bicyclic) bond motifs is 3. The molecule has 0 amide bonds. The summed E-state index contributed by atoms with van der Waals surface area (Å²) in [5, 5.41) is 17.6. The quantitative estimate of drug-likeness (QED) is 0.193. The van der Waals surface area contributed by atoms with Gasteiger partial charge in [0.25, 0.3) is 5.92 Å². The lowest BCUT2D eigenvalue weighted by Gasteiger charge is -2.41. The third-order valence-electron chi connectivity index (χ3n) is 8.27. The van der Waals surface area contributed by atoms with Crippen LogP contribution in [0.3, 0.4) is 0 Å². The first-order chi connectivity index (χ1) is 22.6. The van der Waals surface area contributed by atoms with Crippen molar-refractivity contribution in [1.29, 1.82) is 5.26 Å². The van der Waals surface area contributed by atoms with Crippen molar-refractivity contribution in [1.82, 2.24) is 24.1 Å². The van der Waals surface area contributed by atoms with Gasteiger partial charge in [-0.3, -0.25) is 9.08 Å². The zero-order chi connectivity index (χ0) is 33.0. The fraction of sp³-hybridized carbons (Fsp3) is 0.212. The highest BCUT2D eigenvalue weighted by Gasteiger charge is 2.45. The number of anilines is 2. The molecular formula is C33H26ClF3N8O2. The number of benzene rings is 3. The molecule has 0 saturated carbocycles. The predicted octanol–water partition coefficient (Wildman–Crippen LogP) is 6.70. The average molecular weight is 659 g/mol. The van der Waals surface area contributed by atoms with Crippen LogP contribution >= 0.6 is 11.6 Å². The molecule has 0 radical (unpaired) electrons. The van der Waals surface area contributed by atoms with Gasteiger partial charge in [-0.05, 0) is 35.9 Å².